The molecule has 3 aromatic carbocycles. The van der Waals surface area contributed by atoms with Gasteiger partial charge in [0, 0.05) is 22.9 Å². The van der Waals surface area contributed by atoms with E-state index in [1.54, 1.807) is 44.2 Å². The first-order valence-electron chi connectivity index (χ1n) is 10.6. The number of amides is 1. The summed E-state index contributed by atoms with van der Waals surface area (Å²) in [5.41, 5.74) is 1.15. The Kier molecular flexibility index (Phi) is 8.34. The van der Waals surface area contributed by atoms with Crippen LogP contribution in [0.4, 0.5) is 5.69 Å². The van der Waals surface area contributed by atoms with E-state index in [-0.39, 0.29) is 10.6 Å². The van der Waals surface area contributed by atoms with E-state index in [1.807, 2.05) is 18.2 Å². The van der Waals surface area contributed by atoms with Crippen molar-refractivity contribution in [1.82, 2.24) is 4.31 Å². The summed E-state index contributed by atoms with van der Waals surface area (Å²) in [6.07, 6.45) is 0. The van der Waals surface area contributed by atoms with Gasteiger partial charge in [-0.05, 0) is 42.5 Å². The Morgan fingerprint density at radius 1 is 1.03 bits per heavy atom. The quantitative estimate of drug-likeness (QED) is 0.448. The maximum Gasteiger partial charge on any atom is 0.256 e. The molecule has 0 atom stereocenters. The van der Waals surface area contributed by atoms with E-state index in [9.17, 15) is 18.5 Å². The molecule has 0 saturated heterocycles. The molecule has 0 radical (unpaired) electrons. The van der Waals surface area contributed by atoms with Gasteiger partial charge < -0.3 is 10.1 Å². The molecule has 34 heavy (non-hydrogen) atoms. The summed E-state index contributed by atoms with van der Waals surface area (Å²) < 4.78 is 32.6. The summed E-state index contributed by atoms with van der Waals surface area (Å²) in [6.45, 7) is 4.21. The number of carbonyl (C=O) groups is 1. The first-order valence-corrected chi connectivity index (χ1v) is 12.9. The molecule has 0 spiro atoms. The Labute approximate surface area is 204 Å². The highest BCUT2D eigenvalue weighted by Gasteiger charge is 2.24. The van der Waals surface area contributed by atoms with Crippen LogP contribution in [0.2, 0.25) is 0 Å². The van der Waals surface area contributed by atoms with Gasteiger partial charge in [-0.15, -0.1) is 0 Å². The minimum Gasteiger partial charge on any atom is -0.495 e. The first kappa shape index (κ1) is 25.3. The lowest BCUT2D eigenvalue weighted by atomic mass is 10.2. The van der Waals surface area contributed by atoms with Crippen LogP contribution >= 0.6 is 11.8 Å². The number of nitrogens with one attached hydrogen (secondary N) is 1. The van der Waals surface area contributed by atoms with Crippen molar-refractivity contribution in [2.24, 2.45) is 0 Å². The fraction of sp³-hybridized carbons (Fsp3) is 0.200. The second-order valence-corrected chi connectivity index (χ2v) is 10.1. The zero-order chi connectivity index (χ0) is 24.7. The number of nitriles is 1. The number of hydrogen-bond donors (Lipinski definition) is 1. The molecule has 0 aliphatic rings. The van der Waals surface area contributed by atoms with Crippen LogP contribution in [0.3, 0.4) is 0 Å². The van der Waals surface area contributed by atoms with Gasteiger partial charge in [0.1, 0.15) is 11.8 Å². The number of benzene rings is 3. The Balaban J connectivity index is 1.96. The molecule has 0 aliphatic carbocycles. The lowest BCUT2D eigenvalue weighted by molar-refractivity contribution is 0.102. The SMILES string of the molecule is CCN(CC)S(=O)(=O)c1ccc(OC)c(NC(=O)c2ccccc2Sc2ccccc2C#N)c1. The molecule has 0 fully saturated rings. The van der Waals surface area contributed by atoms with Gasteiger partial charge in [-0.25, -0.2) is 8.42 Å². The number of rotatable bonds is 9. The van der Waals surface area contributed by atoms with Gasteiger partial charge in [0.2, 0.25) is 10.0 Å². The summed E-state index contributed by atoms with van der Waals surface area (Å²) in [4.78, 5) is 14.7. The maximum atomic E-state index is 13.3. The fourth-order valence-electron chi connectivity index (χ4n) is 3.36. The van der Waals surface area contributed by atoms with Crippen molar-refractivity contribution in [2.45, 2.75) is 28.5 Å². The van der Waals surface area contributed by atoms with Gasteiger partial charge in [-0.1, -0.05) is 49.9 Å². The highest BCUT2D eigenvalue weighted by molar-refractivity contribution is 7.99. The molecule has 0 aromatic heterocycles. The van der Waals surface area contributed by atoms with Crippen molar-refractivity contribution in [3.05, 3.63) is 77.9 Å². The van der Waals surface area contributed by atoms with Crippen molar-refractivity contribution >= 4 is 33.4 Å². The van der Waals surface area contributed by atoms with Gasteiger partial charge in [0.05, 0.1) is 28.8 Å². The van der Waals surface area contributed by atoms with Crippen LogP contribution in [0.5, 0.6) is 5.75 Å². The number of carbonyl (C=O) groups excluding carboxylic acids is 1. The molecule has 0 saturated carbocycles. The third kappa shape index (κ3) is 5.42. The predicted octanol–water partition coefficient (Wildman–Crippen LogP) is 5.00. The van der Waals surface area contributed by atoms with Crippen LogP contribution in [0.15, 0.2) is 81.4 Å². The van der Waals surface area contributed by atoms with E-state index in [0.29, 0.717) is 34.9 Å². The third-order valence-corrected chi connectivity index (χ3v) is 8.32. The van der Waals surface area contributed by atoms with Crippen LogP contribution in [-0.2, 0) is 10.0 Å². The Morgan fingerprint density at radius 3 is 2.32 bits per heavy atom. The van der Waals surface area contributed by atoms with Crippen LogP contribution in [0.1, 0.15) is 29.8 Å². The lowest BCUT2D eigenvalue weighted by Gasteiger charge is -2.20. The second-order valence-electron chi connectivity index (χ2n) is 7.11. The molecule has 7 nitrogen and oxygen atoms in total. The van der Waals surface area contributed by atoms with Crippen molar-refractivity contribution in [2.75, 3.05) is 25.5 Å². The summed E-state index contributed by atoms with van der Waals surface area (Å²) in [5.74, 6) is -0.0833. The van der Waals surface area contributed by atoms with E-state index < -0.39 is 15.9 Å². The molecule has 3 aromatic rings. The minimum atomic E-state index is -3.71. The highest BCUT2D eigenvalue weighted by atomic mass is 32.2. The smallest absolute Gasteiger partial charge is 0.256 e. The topological polar surface area (TPSA) is 99.5 Å². The fourth-order valence-corrected chi connectivity index (χ4v) is 5.87. The second kappa shape index (κ2) is 11.2. The number of nitrogens with zero attached hydrogens (tertiary/aromatic N) is 2. The summed E-state index contributed by atoms with van der Waals surface area (Å²) in [6, 6.07) is 20.7. The number of anilines is 1. The molecular weight excluding hydrogens is 470 g/mol. The molecular formula is C25H25N3O4S2. The predicted molar refractivity (Wildman–Crippen MR) is 133 cm³/mol. The Hall–Kier alpha value is -3.32. The normalized spacial score (nSPS) is 11.1. The molecule has 176 valence electrons. The van der Waals surface area contributed by atoms with Crippen molar-refractivity contribution in [1.29, 1.82) is 5.26 Å². The van der Waals surface area contributed by atoms with Crippen LogP contribution in [0, 0.1) is 11.3 Å². The van der Waals surface area contributed by atoms with Crippen molar-refractivity contribution in [3.8, 4) is 11.8 Å². The zero-order valence-corrected chi connectivity index (χ0v) is 20.7. The van der Waals surface area contributed by atoms with Crippen molar-refractivity contribution in [3.63, 3.8) is 0 Å². The highest BCUT2D eigenvalue weighted by Crippen LogP contribution is 2.34. The largest absolute Gasteiger partial charge is 0.495 e. The van der Waals surface area contributed by atoms with E-state index >= 15 is 0 Å². The van der Waals surface area contributed by atoms with Gasteiger partial charge in [0.25, 0.3) is 5.91 Å². The van der Waals surface area contributed by atoms with E-state index in [2.05, 4.69) is 11.4 Å². The monoisotopic (exact) mass is 495 g/mol. The van der Waals surface area contributed by atoms with Crippen LogP contribution in [-0.4, -0.2) is 38.8 Å². The van der Waals surface area contributed by atoms with Gasteiger partial charge in [-0.2, -0.15) is 9.57 Å². The molecule has 1 amide bonds. The Morgan fingerprint density at radius 2 is 1.68 bits per heavy atom. The van der Waals surface area contributed by atoms with Gasteiger partial charge in [-0.3, -0.25) is 4.79 Å². The molecule has 0 bridgehead atoms. The number of hydrogen-bond acceptors (Lipinski definition) is 6. The van der Waals surface area contributed by atoms with Crippen LogP contribution in [0.25, 0.3) is 0 Å². The zero-order valence-electron chi connectivity index (χ0n) is 19.1. The molecule has 9 heteroatoms. The molecule has 0 aliphatic heterocycles. The number of methoxy groups -OCH3 is 1. The summed E-state index contributed by atoms with van der Waals surface area (Å²) in [5, 5.41) is 12.2. The molecule has 0 heterocycles. The average molecular weight is 496 g/mol. The lowest BCUT2D eigenvalue weighted by Crippen LogP contribution is -2.30. The number of ether oxygens (including phenoxy) is 1. The van der Waals surface area contributed by atoms with Gasteiger partial charge in [0.15, 0.2) is 0 Å². The molecule has 0 unspecified atom stereocenters. The van der Waals surface area contributed by atoms with E-state index in [0.717, 1.165) is 4.90 Å². The average Bonchev–Trinajstić information content (AvgIpc) is 2.85. The maximum absolute atomic E-state index is 13.3. The van der Waals surface area contributed by atoms with Crippen LogP contribution < -0.4 is 10.1 Å². The minimum absolute atomic E-state index is 0.0675. The molecule has 1 N–H and O–H groups in total. The number of sulfonamides is 1. The molecule has 3 rings (SSSR count). The van der Waals surface area contributed by atoms with Crippen molar-refractivity contribution < 1.29 is 17.9 Å². The first-order chi connectivity index (χ1) is 16.3. The third-order valence-electron chi connectivity index (χ3n) is 5.12. The van der Waals surface area contributed by atoms with Gasteiger partial charge >= 0.3 is 0 Å². The van der Waals surface area contributed by atoms with E-state index in [4.69, 9.17) is 4.74 Å². The Bertz CT molecular complexity index is 1330. The summed E-state index contributed by atoms with van der Waals surface area (Å²) >= 11 is 1.31. The summed E-state index contributed by atoms with van der Waals surface area (Å²) in [7, 11) is -2.26. The van der Waals surface area contributed by atoms with E-state index in [1.165, 1.54) is 41.4 Å². The standard InChI is InChI=1S/C25H25N3O4S2/c1-4-28(5-2)34(30,31)19-14-15-22(32-3)21(16-19)27-25(29)20-11-7-9-13-24(20)33-23-12-8-6-10-18(23)17-26/h6-16H,4-5H2,1-3H3,(H,27,29).